The molecule has 0 aromatic carbocycles. The van der Waals surface area contributed by atoms with E-state index in [4.69, 9.17) is 0 Å². The summed E-state index contributed by atoms with van der Waals surface area (Å²) in [6.45, 7) is 2.86. The molecule has 0 N–H and O–H groups in total. The van der Waals surface area contributed by atoms with Gasteiger partial charge in [0, 0.05) is 12.4 Å². The topological polar surface area (TPSA) is 30.7 Å². The van der Waals surface area contributed by atoms with Crippen LogP contribution in [-0.4, -0.2) is 14.8 Å². The van der Waals surface area contributed by atoms with Gasteiger partial charge in [0.15, 0.2) is 0 Å². The molecule has 0 amide bonds. The minimum Gasteiger partial charge on any atom is -0.348 e. The fourth-order valence-electron chi connectivity index (χ4n) is 1.80. The van der Waals surface area contributed by atoms with Gasteiger partial charge >= 0.3 is 0 Å². The van der Waals surface area contributed by atoms with Crippen LogP contribution in [0.4, 0.5) is 0 Å². The summed E-state index contributed by atoms with van der Waals surface area (Å²) < 4.78 is 2.08. The van der Waals surface area contributed by atoms with Gasteiger partial charge in [-0.15, -0.1) is 16.4 Å². The summed E-state index contributed by atoms with van der Waals surface area (Å²) in [6, 6.07) is 10.2. The van der Waals surface area contributed by atoms with Crippen molar-refractivity contribution in [1.29, 1.82) is 0 Å². The Morgan fingerprint density at radius 1 is 1.17 bits per heavy atom. The highest BCUT2D eigenvalue weighted by Gasteiger charge is 2.03. The second kappa shape index (κ2) is 4.74. The van der Waals surface area contributed by atoms with E-state index in [1.807, 2.05) is 36.7 Å². The van der Waals surface area contributed by atoms with Gasteiger partial charge in [-0.1, -0.05) is 0 Å². The summed E-state index contributed by atoms with van der Waals surface area (Å²) in [6.07, 6.45) is 4.05. The van der Waals surface area contributed by atoms with Crippen molar-refractivity contribution < 1.29 is 0 Å². The van der Waals surface area contributed by atoms with E-state index in [-0.39, 0.29) is 0 Å². The number of aryl methyl sites for hydroxylation is 1. The van der Waals surface area contributed by atoms with Crippen LogP contribution in [0.1, 0.15) is 11.3 Å². The van der Waals surface area contributed by atoms with Crippen LogP contribution in [0.3, 0.4) is 0 Å². The van der Waals surface area contributed by atoms with Crippen LogP contribution in [0.5, 0.6) is 0 Å². The van der Waals surface area contributed by atoms with E-state index in [0.717, 1.165) is 17.9 Å². The third-order valence-corrected chi connectivity index (χ3v) is 3.78. The third-order valence-electron chi connectivity index (χ3n) is 2.71. The van der Waals surface area contributed by atoms with E-state index in [0.29, 0.717) is 0 Å². The van der Waals surface area contributed by atoms with Crippen LogP contribution in [0.2, 0.25) is 0 Å². The van der Waals surface area contributed by atoms with Crippen molar-refractivity contribution in [1.82, 2.24) is 14.8 Å². The molecular weight excluding hydrogens is 242 g/mol. The zero-order valence-corrected chi connectivity index (χ0v) is 10.9. The van der Waals surface area contributed by atoms with E-state index in [9.17, 15) is 0 Å². The maximum Gasteiger partial charge on any atom is 0.103 e. The second-order valence-electron chi connectivity index (χ2n) is 4.25. The average Bonchev–Trinajstić information content (AvgIpc) is 3.02. The first-order valence-corrected chi connectivity index (χ1v) is 6.68. The Hall–Kier alpha value is -1.94. The lowest BCUT2D eigenvalue weighted by atomic mass is 10.2. The van der Waals surface area contributed by atoms with Crippen LogP contribution >= 0.6 is 11.3 Å². The maximum atomic E-state index is 4.29. The molecule has 0 bridgehead atoms. The van der Waals surface area contributed by atoms with Crippen LogP contribution in [0.15, 0.2) is 48.1 Å². The first kappa shape index (κ1) is 11.2. The second-order valence-corrected chi connectivity index (χ2v) is 5.16. The van der Waals surface area contributed by atoms with Crippen LogP contribution in [0, 0.1) is 6.92 Å². The highest BCUT2D eigenvalue weighted by atomic mass is 32.1. The summed E-state index contributed by atoms with van der Waals surface area (Å²) in [4.78, 5) is 1.17. The van der Waals surface area contributed by atoms with Gasteiger partial charge in [0.05, 0.1) is 17.1 Å². The van der Waals surface area contributed by atoms with Crippen molar-refractivity contribution in [2.45, 2.75) is 13.5 Å². The summed E-state index contributed by atoms with van der Waals surface area (Å²) in [5.74, 6) is 0. The smallest absolute Gasteiger partial charge is 0.103 e. The molecule has 0 saturated heterocycles. The molecule has 0 aliphatic carbocycles. The Labute approximate surface area is 110 Å². The van der Waals surface area contributed by atoms with Gasteiger partial charge in [-0.25, -0.2) is 0 Å². The minimum atomic E-state index is 0.768. The number of hydrogen-bond acceptors (Lipinski definition) is 3. The van der Waals surface area contributed by atoms with Gasteiger partial charge in [0.25, 0.3) is 0 Å². The zero-order valence-electron chi connectivity index (χ0n) is 10.1. The Bertz CT molecular complexity index is 623. The molecule has 0 spiro atoms. The largest absolute Gasteiger partial charge is 0.348 e. The van der Waals surface area contributed by atoms with Gasteiger partial charge in [0.1, 0.15) is 5.69 Å². The minimum absolute atomic E-state index is 0.768. The first-order valence-electron chi connectivity index (χ1n) is 5.80. The molecule has 3 rings (SSSR count). The highest BCUT2D eigenvalue weighted by Crippen LogP contribution is 2.24. The van der Waals surface area contributed by atoms with Crippen LogP contribution in [-0.2, 0) is 6.54 Å². The van der Waals surface area contributed by atoms with Crippen LogP contribution < -0.4 is 0 Å². The van der Waals surface area contributed by atoms with Crippen LogP contribution in [0.25, 0.3) is 10.6 Å². The third kappa shape index (κ3) is 2.33. The normalized spacial score (nSPS) is 10.7. The molecule has 3 nitrogen and oxygen atoms in total. The molecule has 0 aliphatic heterocycles. The number of rotatable bonds is 3. The fourth-order valence-corrected chi connectivity index (χ4v) is 2.67. The van der Waals surface area contributed by atoms with Gasteiger partial charge < -0.3 is 4.57 Å². The lowest BCUT2D eigenvalue weighted by Crippen LogP contribution is -2.00. The Kier molecular flexibility index (Phi) is 2.94. The molecule has 0 unspecified atom stereocenters. The summed E-state index contributed by atoms with van der Waals surface area (Å²) in [5.41, 5.74) is 3.20. The average molecular weight is 255 g/mol. The molecule has 0 saturated carbocycles. The van der Waals surface area contributed by atoms with Gasteiger partial charge in [-0.3, -0.25) is 0 Å². The van der Waals surface area contributed by atoms with Crippen molar-refractivity contribution in [3.8, 4) is 10.6 Å². The summed E-state index contributed by atoms with van der Waals surface area (Å²) in [5, 5.41) is 10.7. The summed E-state index contributed by atoms with van der Waals surface area (Å²) >= 11 is 1.71. The van der Waals surface area contributed by atoms with Crippen molar-refractivity contribution >= 4 is 11.3 Å². The lowest BCUT2D eigenvalue weighted by Gasteiger charge is -2.02. The van der Waals surface area contributed by atoms with Crippen molar-refractivity contribution in [2.24, 2.45) is 0 Å². The van der Waals surface area contributed by atoms with E-state index < -0.39 is 0 Å². The highest BCUT2D eigenvalue weighted by molar-refractivity contribution is 7.13. The van der Waals surface area contributed by atoms with Crippen molar-refractivity contribution in [2.75, 3.05) is 0 Å². The molecule has 0 aliphatic rings. The fraction of sp³-hybridized carbons (Fsp3) is 0.143. The number of aromatic nitrogens is 3. The number of nitrogens with zero attached hydrogens (tertiary/aromatic N) is 3. The predicted octanol–water partition coefficient (Wildman–Crippen LogP) is 3.36. The molecule has 0 radical (unpaired) electrons. The molecule has 0 atom stereocenters. The standard InChI is InChI=1S/C14H13N3S/c1-11-8-14(18-10-11)13-5-4-12(15-16-13)9-17-6-2-3-7-17/h2-8,10H,9H2,1H3. The molecule has 4 heteroatoms. The summed E-state index contributed by atoms with van der Waals surface area (Å²) in [7, 11) is 0. The van der Waals surface area contributed by atoms with Crippen molar-refractivity contribution in [3.63, 3.8) is 0 Å². The van der Waals surface area contributed by atoms with Crippen molar-refractivity contribution in [3.05, 3.63) is 59.4 Å². The Morgan fingerprint density at radius 2 is 2.00 bits per heavy atom. The molecule has 90 valence electrons. The van der Waals surface area contributed by atoms with Gasteiger partial charge in [-0.2, -0.15) is 5.10 Å². The lowest BCUT2D eigenvalue weighted by molar-refractivity contribution is 0.760. The van der Waals surface area contributed by atoms with Gasteiger partial charge in [0.2, 0.25) is 0 Å². The number of hydrogen-bond donors (Lipinski definition) is 0. The van der Waals surface area contributed by atoms with E-state index in [1.54, 1.807) is 11.3 Å². The molecule has 0 fully saturated rings. The maximum absolute atomic E-state index is 4.29. The molecule has 18 heavy (non-hydrogen) atoms. The number of thiophene rings is 1. The Morgan fingerprint density at radius 3 is 2.61 bits per heavy atom. The predicted molar refractivity (Wildman–Crippen MR) is 73.6 cm³/mol. The molecule has 3 heterocycles. The quantitative estimate of drug-likeness (QED) is 0.718. The molecule has 3 aromatic heterocycles. The molecule has 3 aromatic rings. The monoisotopic (exact) mass is 255 g/mol. The molecular formula is C14H13N3S. The Balaban J connectivity index is 1.81. The van der Waals surface area contributed by atoms with E-state index in [2.05, 4.69) is 33.1 Å². The van der Waals surface area contributed by atoms with E-state index in [1.165, 1.54) is 10.4 Å². The van der Waals surface area contributed by atoms with E-state index >= 15 is 0 Å². The first-order chi connectivity index (χ1) is 8.81. The zero-order chi connectivity index (χ0) is 12.4. The SMILES string of the molecule is Cc1csc(-c2ccc(Cn3cccc3)nn2)c1. The van der Waals surface area contributed by atoms with Gasteiger partial charge in [-0.05, 0) is 48.2 Å².